The lowest BCUT2D eigenvalue weighted by Gasteiger charge is -2.30. The number of imide groups is 1. The van der Waals surface area contributed by atoms with Crippen LogP contribution in [0.3, 0.4) is 0 Å². The van der Waals surface area contributed by atoms with Gasteiger partial charge in [-0.1, -0.05) is 23.9 Å². The van der Waals surface area contributed by atoms with Gasteiger partial charge in [0, 0.05) is 44.9 Å². The first-order chi connectivity index (χ1) is 15.1. The molecule has 2 aliphatic rings. The minimum atomic E-state index is -0.680. The molecule has 1 unspecified atom stereocenters. The highest BCUT2D eigenvalue weighted by atomic mass is 32.2. The molecule has 152 valence electrons. The number of hydrogen-bond donors (Lipinski definition) is 2. The summed E-state index contributed by atoms with van der Waals surface area (Å²) in [7, 11) is 0. The fourth-order valence-corrected chi connectivity index (χ4v) is 5.51. The van der Waals surface area contributed by atoms with E-state index in [1.54, 1.807) is 35.1 Å². The Bertz CT molecular complexity index is 1430. The topological polar surface area (TPSA) is 95.2 Å². The number of pyridine rings is 1. The maximum absolute atomic E-state index is 13.2. The van der Waals surface area contributed by atoms with Crippen LogP contribution in [0.15, 0.2) is 64.8 Å². The smallest absolute Gasteiger partial charge is 0.259 e. The van der Waals surface area contributed by atoms with Gasteiger partial charge in [-0.3, -0.25) is 29.6 Å². The lowest BCUT2D eigenvalue weighted by atomic mass is 10.0. The summed E-state index contributed by atoms with van der Waals surface area (Å²) < 4.78 is 0. The van der Waals surface area contributed by atoms with Crippen molar-refractivity contribution < 1.29 is 14.4 Å². The van der Waals surface area contributed by atoms with Crippen LogP contribution in [0.1, 0.15) is 23.2 Å². The van der Waals surface area contributed by atoms with E-state index >= 15 is 0 Å². The van der Waals surface area contributed by atoms with Gasteiger partial charge in [-0.25, -0.2) is 0 Å². The zero-order valence-electron chi connectivity index (χ0n) is 16.2. The summed E-state index contributed by atoms with van der Waals surface area (Å²) in [5, 5.41) is 5.26. The first-order valence-electron chi connectivity index (χ1n) is 9.94. The Kier molecular flexibility index (Phi) is 3.91. The largest absolute Gasteiger partial charge is 0.359 e. The van der Waals surface area contributed by atoms with E-state index in [1.165, 1.54) is 0 Å². The number of carbonyl (C=O) groups excluding carboxylic acids is 3. The number of carbonyl (C=O) groups is 3. The van der Waals surface area contributed by atoms with Crippen LogP contribution in [-0.4, -0.2) is 33.7 Å². The van der Waals surface area contributed by atoms with E-state index in [9.17, 15) is 14.4 Å². The van der Waals surface area contributed by atoms with Crippen LogP contribution in [0.4, 0.5) is 5.69 Å². The molecule has 3 amide bonds. The molecule has 1 saturated heterocycles. The lowest BCUT2D eigenvalue weighted by Crippen LogP contribution is -2.53. The maximum Gasteiger partial charge on any atom is 0.259 e. The van der Waals surface area contributed by atoms with Crippen molar-refractivity contribution >= 4 is 56.8 Å². The molecular weight excluding hydrogens is 412 g/mol. The van der Waals surface area contributed by atoms with E-state index in [2.05, 4.69) is 15.3 Å². The van der Waals surface area contributed by atoms with Gasteiger partial charge in [0.05, 0.1) is 17.4 Å². The Morgan fingerprint density at radius 3 is 2.81 bits per heavy atom. The van der Waals surface area contributed by atoms with E-state index in [-0.39, 0.29) is 18.2 Å². The number of H-pyrrole nitrogens is 1. The van der Waals surface area contributed by atoms with Crippen molar-refractivity contribution in [1.29, 1.82) is 0 Å². The second-order valence-corrected chi connectivity index (χ2v) is 8.71. The first-order valence-corrected chi connectivity index (χ1v) is 10.8. The highest BCUT2D eigenvalue weighted by Gasteiger charge is 2.40. The van der Waals surface area contributed by atoms with Gasteiger partial charge in [-0.15, -0.1) is 0 Å². The minimum absolute atomic E-state index is 0.199. The summed E-state index contributed by atoms with van der Waals surface area (Å²) in [6.45, 7) is 0. The number of hydrogen-bond acceptors (Lipinski definition) is 5. The standard InChI is InChI=1S/C23H16N4O3S/c28-20-7-5-17(22(29)26-20)27-16-4-6-18(13-2-1-3-14(21(13)16)23(27)30)31-19-11-25-15-10-24-9-8-12(15)19/h1-4,6,8-11,17,25H,5,7H2,(H,26,28,29). The zero-order valence-corrected chi connectivity index (χ0v) is 17.0. The molecule has 2 N–H and O–H groups in total. The summed E-state index contributed by atoms with van der Waals surface area (Å²) in [5.41, 5.74) is 2.27. The Morgan fingerprint density at radius 2 is 1.94 bits per heavy atom. The van der Waals surface area contributed by atoms with Crippen LogP contribution < -0.4 is 10.2 Å². The molecule has 0 saturated carbocycles. The van der Waals surface area contributed by atoms with Crippen molar-refractivity contribution in [3.63, 3.8) is 0 Å². The van der Waals surface area contributed by atoms with Crippen LogP contribution in [0.25, 0.3) is 21.7 Å². The number of anilines is 1. The van der Waals surface area contributed by atoms with Gasteiger partial charge in [0.2, 0.25) is 11.8 Å². The molecule has 4 aromatic rings. The van der Waals surface area contributed by atoms with Gasteiger partial charge in [0.25, 0.3) is 5.91 Å². The number of rotatable bonds is 3. The predicted molar refractivity (Wildman–Crippen MR) is 117 cm³/mol. The third kappa shape index (κ3) is 2.68. The highest BCUT2D eigenvalue weighted by molar-refractivity contribution is 7.99. The van der Waals surface area contributed by atoms with E-state index < -0.39 is 11.9 Å². The van der Waals surface area contributed by atoms with E-state index in [0.29, 0.717) is 12.0 Å². The third-order valence-corrected chi connectivity index (χ3v) is 7.01. The van der Waals surface area contributed by atoms with Crippen molar-refractivity contribution in [1.82, 2.24) is 15.3 Å². The van der Waals surface area contributed by atoms with Crippen LogP contribution in [0.2, 0.25) is 0 Å². The number of piperidine rings is 1. The Hall–Kier alpha value is -3.65. The van der Waals surface area contributed by atoms with Gasteiger partial charge < -0.3 is 4.98 Å². The molecule has 1 atom stereocenters. The summed E-state index contributed by atoms with van der Waals surface area (Å²) in [6.07, 6.45) is 6.07. The molecule has 0 bridgehead atoms. The number of aromatic nitrogens is 2. The lowest BCUT2D eigenvalue weighted by molar-refractivity contribution is -0.134. The molecule has 0 radical (unpaired) electrons. The van der Waals surface area contributed by atoms with Gasteiger partial charge in [0.15, 0.2) is 0 Å². The second kappa shape index (κ2) is 6.68. The van der Waals surface area contributed by atoms with Crippen LogP contribution in [-0.2, 0) is 9.59 Å². The van der Waals surface area contributed by atoms with Crippen LogP contribution in [0, 0.1) is 0 Å². The van der Waals surface area contributed by atoms with E-state index in [1.807, 2.05) is 36.5 Å². The van der Waals surface area contributed by atoms with Crippen molar-refractivity contribution in [3.8, 4) is 0 Å². The molecule has 2 aliphatic heterocycles. The average Bonchev–Trinajstić information content (AvgIpc) is 3.31. The summed E-state index contributed by atoms with van der Waals surface area (Å²) in [5.74, 6) is -0.914. The zero-order chi connectivity index (χ0) is 21.1. The van der Waals surface area contributed by atoms with Crippen LogP contribution in [0.5, 0.6) is 0 Å². The summed E-state index contributed by atoms with van der Waals surface area (Å²) in [6, 6.07) is 10.9. The van der Waals surface area contributed by atoms with Crippen molar-refractivity contribution in [2.75, 3.05) is 4.90 Å². The molecule has 2 aromatic heterocycles. The highest BCUT2D eigenvalue weighted by Crippen LogP contribution is 2.45. The number of benzene rings is 2. The summed E-state index contributed by atoms with van der Waals surface area (Å²) >= 11 is 1.62. The fourth-order valence-electron chi connectivity index (χ4n) is 4.45. The van der Waals surface area contributed by atoms with Gasteiger partial charge in [-0.05, 0) is 36.1 Å². The molecule has 0 aliphatic carbocycles. The molecule has 2 aromatic carbocycles. The Labute approximate surface area is 180 Å². The monoisotopic (exact) mass is 428 g/mol. The number of amides is 3. The van der Waals surface area contributed by atoms with Gasteiger partial charge in [-0.2, -0.15) is 0 Å². The number of aromatic amines is 1. The Balaban J connectivity index is 1.46. The molecule has 31 heavy (non-hydrogen) atoms. The molecule has 6 rings (SSSR count). The number of nitrogens with zero attached hydrogens (tertiary/aromatic N) is 2. The average molecular weight is 428 g/mol. The predicted octanol–water partition coefficient (Wildman–Crippen LogP) is 3.63. The molecule has 4 heterocycles. The molecule has 7 nitrogen and oxygen atoms in total. The summed E-state index contributed by atoms with van der Waals surface area (Å²) in [4.78, 5) is 48.3. The third-order valence-electron chi connectivity index (χ3n) is 5.87. The molecule has 1 fully saturated rings. The van der Waals surface area contributed by atoms with Gasteiger partial charge >= 0.3 is 0 Å². The van der Waals surface area contributed by atoms with Crippen LogP contribution >= 0.6 is 11.8 Å². The molecule has 8 heteroatoms. The fraction of sp³-hybridized carbons (Fsp3) is 0.130. The second-order valence-electron chi connectivity index (χ2n) is 7.63. The minimum Gasteiger partial charge on any atom is -0.359 e. The van der Waals surface area contributed by atoms with Crippen molar-refractivity contribution in [3.05, 3.63) is 60.6 Å². The number of nitrogens with one attached hydrogen (secondary N) is 2. The maximum atomic E-state index is 13.2. The van der Waals surface area contributed by atoms with Crippen molar-refractivity contribution in [2.45, 2.75) is 28.7 Å². The van der Waals surface area contributed by atoms with Crippen molar-refractivity contribution in [2.24, 2.45) is 0 Å². The normalized spacial score (nSPS) is 18.3. The first kappa shape index (κ1) is 18.1. The SMILES string of the molecule is O=C1CCC(N2C(=O)c3cccc4c(Sc5c[nH]c6cnccc56)ccc2c34)C(=O)N1. The van der Waals surface area contributed by atoms with E-state index in [4.69, 9.17) is 0 Å². The quantitative estimate of drug-likeness (QED) is 0.486. The molecule has 0 spiro atoms. The van der Waals surface area contributed by atoms with E-state index in [0.717, 1.165) is 37.2 Å². The number of fused-ring (bicyclic) bond motifs is 1. The van der Waals surface area contributed by atoms with Gasteiger partial charge in [0.1, 0.15) is 6.04 Å². The molecular formula is C23H16N4O3S. The Morgan fingerprint density at radius 1 is 1.03 bits per heavy atom.